The third-order valence-corrected chi connectivity index (χ3v) is 4.34. The predicted molar refractivity (Wildman–Crippen MR) is 68.8 cm³/mol. The summed E-state index contributed by atoms with van der Waals surface area (Å²) < 4.78 is 0. The third-order valence-electron chi connectivity index (χ3n) is 3.53. The number of nitrogens with zero attached hydrogens (tertiary/aromatic N) is 1. The van der Waals surface area contributed by atoms with E-state index < -0.39 is 4.92 Å². The molecule has 1 aromatic rings. The first-order valence-corrected chi connectivity index (χ1v) is 6.33. The fourth-order valence-electron chi connectivity index (χ4n) is 2.05. The maximum Gasteiger partial charge on any atom is 0.270 e. The number of nitro benzene ring substituents is 1. The molecular weight excluding hydrogens is 261 g/mol. The number of alkyl halides is 1. The van der Waals surface area contributed by atoms with Gasteiger partial charge in [-0.25, -0.2) is 0 Å². The zero-order valence-electron chi connectivity index (χ0n) is 9.45. The lowest BCUT2D eigenvalue weighted by Gasteiger charge is -2.18. The minimum Gasteiger partial charge on any atom is -0.258 e. The van der Waals surface area contributed by atoms with Crippen LogP contribution in [0.25, 0.3) is 0 Å². The number of halogens is 2. The molecule has 1 aliphatic carbocycles. The number of hydrogen-bond acceptors (Lipinski definition) is 2. The Bertz CT molecular complexity index is 456. The maximum absolute atomic E-state index is 10.6. The summed E-state index contributed by atoms with van der Waals surface area (Å²) in [6, 6.07) is 4.64. The number of nitro groups is 1. The van der Waals surface area contributed by atoms with Gasteiger partial charge in [-0.2, -0.15) is 0 Å². The number of non-ortho nitro benzene ring substituents is 1. The van der Waals surface area contributed by atoms with Crippen LogP contribution in [-0.4, -0.2) is 10.3 Å². The lowest BCUT2D eigenvalue weighted by atomic mass is 9.93. The Kier molecular flexibility index (Phi) is 3.32. The summed E-state index contributed by atoms with van der Waals surface area (Å²) in [7, 11) is 0. The molecule has 92 valence electrons. The monoisotopic (exact) mass is 273 g/mol. The minimum atomic E-state index is -0.438. The van der Waals surface area contributed by atoms with Gasteiger partial charge in [0.1, 0.15) is 0 Å². The van der Waals surface area contributed by atoms with Crippen LogP contribution in [0.4, 0.5) is 5.69 Å². The Labute approximate surface area is 110 Å². The molecule has 0 spiro atoms. The summed E-state index contributed by atoms with van der Waals surface area (Å²) in [5, 5.41) is 11.2. The van der Waals surface area contributed by atoms with Crippen LogP contribution in [0.3, 0.4) is 0 Å². The molecular formula is C12H13Cl2NO2. The number of hydrogen-bond donors (Lipinski definition) is 0. The number of rotatable bonds is 4. The van der Waals surface area contributed by atoms with E-state index in [9.17, 15) is 10.1 Å². The maximum atomic E-state index is 10.6. The van der Waals surface area contributed by atoms with Crippen molar-refractivity contribution in [3.05, 3.63) is 38.9 Å². The van der Waals surface area contributed by atoms with E-state index in [-0.39, 0.29) is 16.5 Å². The fraction of sp³-hybridized carbons (Fsp3) is 0.500. The van der Waals surface area contributed by atoms with Gasteiger partial charge in [-0.1, -0.05) is 17.7 Å². The van der Waals surface area contributed by atoms with Gasteiger partial charge in [0.25, 0.3) is 5.69 Å². The molecule has 5 heteroatoms. The summed E-state index contributed by atoms with van der Waals surface area (Å²) in [5.41, 5.74) is 1.12. The summed E-state index contributed by atoms with van der Waals surface area (Å²) in [4.78, 5) is 10.2. The van der Waals surface area contributed by atoms with E-state index in [0.29, 0.717) is 5.02 Å². The van der Waals surface area contributed by atoms with Gasteiger partial charge in [-0.3, -0.25) is 10.1 Å². The van der Waals surface area contributed by atoms with E-state index in [1.165, 1.54) is 12.1 Å². The molecule has 2 rings (SSSR count). The van der Waals surface area contributed by atoms with Gasteiger partial charge in [0.2, 0.25) is 0 Å². The average molecular weight is 274 g/mol. The predicted octanol–water partition coefficient (Wildman–Crippen LogP) is 4.20. The molecule has 0 aromatic heterocycles. The van der Waals surface area contributed by atoms with Gasteiger partial charge in [-0.15, -0.1) is 11.6 Å². The summed E-state index contributed by atoms with van der Waals surface area (Å²) in [6.07, 6.45) is 3.00. The normalized spacial score (nSPS) is 18.8. The van der Waals surface area contributed by atoms with Crippen molar-refractivity contribution in [3.63, 3.8) is 0 Å². The molecule has 0 saturated heterocycles. The molecule has 1 aliphatic rings. The molecule has 1 saturated carbocycles. The van der Waals surface area contributed by atoms with Crippen molar-refractivity contribution in [3.8, 4) is 0 Å². The van der Waals surface area contributed by atoms with E-state index in [1.807, 2.05) is 6.92 Å². The number of benzene rings is 1. The second kappa shape index (κ2) is 4.46. The van der Waals surface area contributed by atoms with Crippen molar-refractivity contribution >= 4 is 28.9 Å². The first kappa shape index (κ1) is 12.7. The highest BCUT2D eigenvalue weighted by atomic mass is 35.5. The van der Waals surface area contributed by atoms with Crippen LogP contribution < -0.4 is 0 Å². The lowest BCUT2D eigenvalue weighted by Crippen LogP contribution is -2.15. The summed E-state index contributed by atoms with van der Waals surface area (Å²) in [6.45, 7) is 1.99. The van der Waals surface area contributed by atoms with E-state index in [4.69, 9.17) is 23.2 Å². The molecule has 0 aliphatic heterocycles. The highest BCUT2D eigenvalue weighted by molar-refractivity contribution is 6.31. The Balaban J connectivity index is 2.20. The van der Waals surface area contributed by atoms with E-state index in [2.05, 4.69) is 0 Å². The van der Waals surface area contributed by atoms with Crippen LogP contribution in [0.2, 0.25) is 5.02 Å². The van der Waals surface area contributed by atoms with Gasteiger partial charge < -0.3 is 0 Å². The second-order valence-corrected chi connectivity index (χ2v) is 5.75. The van der Waals surface area contributed by atoms with Gasteiger partial charge in [0.15, 0.2) is 0 Å². The summed E-state index contributed by atoms with van der Waals surface area (Å²) in [5.74, 6) is 0. The molecule has 0 amide bonds. The van der Waals surface area contributed by atoms with E-state index >= 15 is 0 Å². The average Bonchev–Trinajstić information content (AvgIpc) is 3.02. The zero-order valence-corrected chi connectivity index (χ0v) is 11.0. The molecule has 0 bridgehead atoms. The molecule has 0 heterocycles. The standard InChI is InChI=1S/C12H13Cl2NO2/c1-8(13)12(4-5-12)7-9-2-3-10(15(16)17)6-11(9)14/h2-3,6,8H,4-5,7H2,1H3. The van der Waals surface area contributed by atoms with Crippen LogP contribution in [0.15, 0.2) is 18.2 Å². The molecule has 3 nitrogen and oxygen atoms in total. The quantitative estimate of drug-likeness (QED) is 0.469. The van der Waals surface area contributed by atoms with Crippen LogP contribution in [0, 0.1) is 15.5 Å². The zero-order chi connectivity index (χ0) is 12.6. The van der Waals surface area contributed by atoms with Crippen molar-refractivity contribution in [1.29, 1.82) is 0 Å². The SMILES string of the molecule is CC(Cl)C1(Cc2ccc([N+](=O)[O-])cc2Cl)CC1. The van der Waals surface area contributed by atoms with Crippen molar-refractivity contribution < 1.29 is 4.92 Å². The minimum absolute atomic E-state index is 0.0301. The van der Waals surface area contributed by atoms with Crippen LogP contribution in [0.1, 0.15) is 25.3 Å². The molecule has 1 aromatic carbocycles. The van der Waals surface area contributed by atoms with E-state index in [0.717, 1.165) is 24.8 Å². The molecule has 1 unspecified atom stereocenters. The van der Waals surface area contributed by atoms with E-state index in [1.54, 1.807) is 6.07 Å². The Morgan fingerprint density at radius 3 is 2.59 bits per heavy atom. The molecule has 1 atom stereocenters. The third kappa shape index (κ3) is 2.55. The molecule has 17 heavy (non-hydrogen) atoms. The topological polar surface area (TPSA) is 43.1 Å². The van der Waals surface area contributed by atoms with Crippen molar-refractivity contribution in [2.45, 2.75) is 31.6 Å². The first-order valence-electron chi connectivity index (χ1n) is 5.51. The van der Waals surface area contributed by atoms with Crippen molar-refractivity contribution in [1.82, 2.24) is 0 Å². The van der Waals surface area contributed by atoms with Crippen LogP contribution in [0.5, 0.6) is 0 Å². The Morgan fingerprint density at radius 1 is 1.53 bits per heavy atom. The highest BCUT2D eigenvalue weighted by Gasteiger charge is 2.46. The fourth-order valence-corrected chi connectivity index (χ4v) is 2.59. The lowest BCUT2D eigenvalue weighted by molar-refractivity contribution is -0.384. The molecule has 0 radical (unpaired) electrons. The Morgan fingerprint density at radius 2 is 2.18 bits per heavy atom. The summed E-state index contributed by atoms with van der Waals surface area (Å²) >= 11 is 12.2. The molecule has 0 N–H and O–H groups in total. The van der Waals surface area contributed by atoms with Gasteiger partial charge in [0, 0.05) is 17.5 Å². The highest BCUT2D eigenvalue weighted by Crippen LogP contribution is 2.53. The van der Waals surface area contributed by atoms with Gasteiger partial charge in [0.05, 0.1) is 9.95 Å². The van der Waals surface area contributed by atoms with Crippen molar-refractivity contribution in [2.75, 3.05) is 0 Å². The second-order valence-electron chi connectivity index (χ2n) is 4.69. The van der Waals surface area contributed by atoms with Gasteiger partial charge in [-0.05, 0) is 37.2 Å². The van der Waals surface area contributed by atoms with Crippen molar-refractivity contribution in [2.24, 2.45) is 5.41 Å². The molecule has 1 fully saturated rings. The smallest absolute Gasteiger partial charge is 0.258 e. The largest absolute Gasteiger partial charge is 0.270 e. The van der Waals surface area contributed by atoms with Crippen LogP contribution >= 0.6 is 23.2 Å². The first-order chi connectivity index (χ1) is 7.94. The van der Waals surface area contributed by atoms with Gasteiger partial charge >= 0.3 is 0 Å². The van der Waals surface area contributed by atoms with Crippen LogP contribution in [-0.2, 0) is 6.42 Å². The Hall–Kier alpha value is -0.800.